The van der Waals surface area contributed by atoms with E-state index in [4.69, 9.17) is 27.9 Å². The van der Waals surface area contributed by atoms with E-state index in [0.717, 1.165) is 24.4 Å². The lowest BCUT2D eigenvalue weighted by Gasteiger charge is -2.39. The van der Waals surface area contributed by atoms with E-state index in [1.807, 2.05) is 18.2 Å². The highest BCUT2D eigenvalue weighted by Gasteiger charge is 2.40. The van der Waals surface area contributed by atoms with E-state index in [-0.39, 0.29) is 18.6 Å². The molecular weight excluding hydrogens is 395 g/mol. The Balaban J connectivity index is 1.28. The first kappa shape index (κ1) is 19.6. The second kappa shape index (κ2) is 8.73. The van der Waals surface area contributed by atoms with Crippen LogP contribution in [0, 0.1) is 0 Å². The molecule has 2 fully saturated rings. The number of fused-ring (bicyclic) bond motifs is 2. The molecule has 0 spiro atoms. The van der Waals surface area contributed by atoms with Crippen LogP contribution in [0.3, 0.4) is 0 Å². The Morgan fingerprint density at radius 2 is 1.75 bits per heavy atom. The fraction of sp³-hybridized carbons (Fsp3) is 0.409. The molecule has 2 aliphatic rings. The van der Waals surface area contributed by atoms with Gasteiger partial charge in [0.1, 0.15) is 5.75 Å². The molecule has 2 saturated heterocycles. The maximum atomic E-state index is 12.3. The third-order valence-electron chi connectivity index (χ3n) is 5.69. The Morgan fingerprint density at radius 3 is 2.43 bits per heavy atom. The van der Waals surface area contributed by atoms with E-state index >= 15 is 0 Å². The summed E-state index contributed by atoms with van der Waals surface area (Å²) in [5.41, 5.74) is 1.29. The summed E-state index contributed by atoms with van der Waals surface area (Å²) in [6.07, 6.45) is 4.38. The highest BCUT2D eigenvalue weighted by Crippen LogP contribution is 2.37. The number of benzene rings is 2. The second-order valence-electron chi connectivity index (χ2n) is 7.67. The number of hydrogen-bond donors (Lipinski definition) is 1. The number of halogens is 2. The molecule has 0 radical (unpaired) electrons. The summed E-state index contributed by atoms with van der Waals surface area (Å²) in [5, 5.41) is 4.53. The van der Waals surface area contributed by atoms with E-state index in [1.54, 1.807) is 18.2 Å². The Labute approximate surface area is 175 Å². The normalized spacial score (nSPS) is 24.1. The molecule has 4 rings (SSSR count). The molecule has 1 unspecified atom stereocenters. The number of ether oxygens (including phenoxy) is 1. The average molecular weight is 419 g/mol. The molecule has 0 aromatic heterocycles. The van der Waals surface area contributed by atoms with Crippen LogP contribution in [0.5, 0.6) is 5.75 Å². The first-order valence-electron chi connectivity index (χ1n) is 9.75. The number of carbonyl (C=O) groups excluding carboxylic acids is 1. The molecule has 3 atom stereocenters. The van der Waals surface area contributed by atoms with Gasteiger partial charge < -0.3 is 10.1 Å². The third kappa shape index (κ3) is 4.80. The van der Waals surface area contributed by atoms with Crippen LogP contribution in [0.4, 0.5) is 0 Å². The van der Waals surface area contributed by atoms with Gasteiger partial charge in [-0.2, -0.15) is 0 Å². The van der Waals surface area contributed by atoms with Crippen molar-refractivity contribution in [3.05, 3.63) is 64.1 Å². The summed E-state index contributed by atoms with van der Waals surface area (Å²) in [4.78, 5) is 14.9. The Bertz CT molecular complexity index is 814. The highest BCUT2D eigenvalue weighted by atomic mass is 35.5. The van der Waals surface area contributed by atoms with Gasteiger partial charge in [0, 0.05) is 34.7 Å². The minimum absolute atomic E-state index is 0.0145. The van der Waals surface area contributed by atoms with Crippen molar-refractivity contribution >= 4 is 29.1 Å². The van der Waals surface area contributed by atoms with Crippen LogP contribution in [-0.2, 0) is 11.3 Å². The predicted octanol–water partition coefficient (Wildman–Crippen LogP) is 4.68. The maximum absolute atomic E-state index is 12.3. The fourth-order valence-corrected chi connectivity index (χ4v) is 4.73. The zero-order valence-corrected chi connectivity index (χ0v) is 17.1. The smallest absolute Gasteiger partial charge is 0.258 e. The van der Waals surface area contributed by atoms with Crippen LogP contribution in [0.15, 0.2) is 48.5 Å². The minimum atomic E-state index is -0.0736. The largest absolute Gasteiger partial charge is 0.484 e. The Morgan fingerprint density at radius 1 is 1.04 bits per heavy atom. The third-order valence-corrected chi connectivity index (χ3v) is 6.18. The topological polar surface area (TPSA) is 41.6 Å². The Kier molecular flexibility index (Phi) is 6.10. The summed E-state index contributed by atoms with van der Waals surface area (Å²) in [5.74, 6) is 0.538. The average Bonchev–Trinajstić information content (AvgIpc) is 2.90. The van der Waals surface area contributed by atoms with E-state index in [2.05, 4.69) is 22.3 Å². The van der Waals surface area contributed by atoms with E-state index in [9.17, 15) is 4.79 Å². The number of amides is 1. The molecule has 1 amide bonds. The molecule has 6 heteroatoms. The SMILES string of the molecule is O=C(COc1cccc(Cl)c1)NC1C[C@H]2CC[C@@H](C1)N2Cc1ccc(Cl)cc1. The van der Waals surface area contributed by atoms with Gasteiger partial charge in [0.2, 0.25) is 0 Å². The van der Waals surface area contributed by atoms with Gasteiger partial charge in [-0.25, -0.2) is 0 Å². The van der Waals surface area contributed by atoms with Crippen LogP contribution in [0.25, 0.3) is 0 Å². The van der Waals surface area contributed by atoms with Crippen molar-refractivity contribution in [1.82, 2.24) is 10.2 Å². The molecule has 2 aliphatic heterocycles. The van der Waals surface area contributed by atoms with Gasteiger partial charge in [-0.15, -0.1) is 0 Å². The summed E-state index contributed by atoms with van der Waals surface area (Å²) in [6.45, 7) is 0.964. The molecule has 148 valence electrons. The number of rotatable bonds is 6. The second-order valence-corrected chi connectivity index (χ2v) is 8.54. The van der Waals surface area contributed by atoms with Gasteiger partial charge in [-0.1, -0.05) is 41.4 Å². The molecule has 0 aliphatic carbocycles. The van der Waals surface area contributed by atoms with Crippen molar-refractivity contribution in [3.63, 3.8) is 0 Å². The Hall–Kier alpha value is -1.75. The van der Waals surface area contributed by atoms with Gasteiger partial charge in [-0.3, -0.25) is 9.69 Å². The number of hydrogen-bond acceptors (Lipinski definition) is 3. The maximum Gasteiger partial charge on any atom is 0.258 e. The van der Waals surface area contributed by atoms with E-state index < -0.39 is 0 Å². The number of carbonyl (C=O) groups is 1. The zero-order chi connectivity index (χ0) is 19.5. The summed E-state index contributed by atoms with van der Waals surface area (Å²) in [6, 6.07) is 16.5. The first-order valence-corrected chi connectivity index (χ1v) is 10.5. The van der Waals surface area contributed by atoms with Crippen LogP contribution in [0.2, 0.25) is 10.0 Å². The molecule has 2 heterocycles. The van der Waals surface area contributed by atoms with Crippen molar-refractivity contribution in [2.45, 2.75) is 50.4 Å². The van der Waals surface area contributed by atoms with Crippen LogP contribution in [-0.4, -0.2) is 35.5 Å². The van der Waals surface area contributed by atoms with Crippen molar-refractivity contribution in [2.24, 2.45) is 0 Å². The standard InChI is InChI=1S/C22H24Cl2N2O2/c23-16-6-4-15(5-7-16)13-26-19-8-9-20(26)12-18(11-19)25-22(27)14-28-21-3-1-2-17(24)10-21/h1-7,10,18-20H,8-9,11-14H2,(H,25,27)/t18?,19-,20+. The van der Waals surface area contributed by atoms with Gasteiger partial charge in [0.25, 0.3) is 5.91 Å². The van der Waals surface area contributed by atoms with Crippen LogP contribution in [0.1, 0.15) is 31.2 Å². The van der Waals surface area contributed by atoms with Gasteiger partial charge in [0.05, 0.1) is 0 Å². The summed E-state index contributed by atoms with van der Waals surface area (Å²) in [7, 11) is 0. The molecule has 1 N–H and O–H groups in total. The first-order chi connectivity index (χ1) is 13.6. The monoisotopic (exact) mass is 418 g/mol. The number of piperidine rings is 1. The zero-order valence-electron chi connectivity index (χ0n) is 15.6. The molecule has 2 aromatic rings. The molecule has 2 aromatic carbocycles. The quantitative estimate of drug-likeness (QED) is 0.739. The predicted molar refractivity (Wildman–Crippen MR) is 112 cm³/mol. The minimum Gasteiger partial charge on any atom is -0.484 e. The van der Waals surface area contributed by atoms with Crippen molar-refractivity contribution in [1.29, 1.82) is 0 Å². The molecule has 4 nitrogen and oxygen atoms in total. The van der Waals surface area contributed by atoms with Crippen LogP contribution < -0.4 is 10.1 Å². The van der Waals surface area contributed by atoms with Gasteiger partial charge in [-0.05, 0) is 61.6 Å². The molecular formula is C22H24Cl2N2O2. The van der Waals surface area contributed by atoms with Gasteiger partial charge in [0.15, 0.2) is 6.61 Å². The highest BCUT2D eigenvalue weighted by molar-refractivity contribution is 6.30. The fourth-order valence-electron chi connectivity index (χ4n) is 4.43. The lowest BCUT2D eigenvalue weighted by molar-refractivity contribution is -0.124. The lowest BCUT2D eigenvalue weighted by Crippen LogP contribution is -2.50. The summed E-state index contributed by atoms with van der Waals surface area (Å²) >= 11 is 11.9. The van der Waals surface area contributed by atoms with Gasteiger partial charge >= 0.3 is 0 Å². The number of nitrogens with zero attached hydrogens (tertiary/aromatic N) is 1. The van der Waals surface area contributed by atoms with Crippen molar-refractivity contribution < 1.29 is 9.53 Å². The number of nitrogens with one attached hydrogen (secondary N) is 1. The molecule has 2 bridgehead atoms. The van der Waals surface area contributed by atoms with Crippen molar-refractivity contribution in [2.75, 3.05) is 6.61 Å². The van der Waals surface area contributed by atoms with Crippen LogP contribution >= 0.6 is 23.2 Å². The van der Waals surface area contributed by atoms with Crippen molar-refractivity contribution in [3.8, 4) is 5.75 Å². The summed E-state index contributed by atoms with van der Waals surface area (Å²) < 4.78 is 5.55. The molecule has 0 saturated carbocycles. The molecule has 28 heavy (non-hydrogen) atoms. The van der Waals surface area contributed by atoms with E-state index in [0.29, 0.717) is 22.9 Å². The lowest BCUT2D eigenvalue weighted by atomic mass is 9.96. The van der Waals surface area contributed by atoms with E-state index in [1.165, 1.54) is 18.4 Å².